The maximum Gasteiger partial charge on any atom is 0.222 e. The van der Waals surface area contributed by atoms with Crippen molar-refractivity contribution in [1.82, 2.24) is 9.97 Å². The molecule has 0 saturated heterocycles. The molecule has 4 nitrogen and oxygen atoms in total. The number of aromatic nitrogens is 2. The topological polar surface area (TPSA) is 63.8 Å². The molecule has 0 bridgehead atoms. The van der Waals surface area contributed by atoms with Crippen LogP contribution in [-0.4, -0.2) is 23.6 Å². The van der Waals surface area contributed by atoms with Crippen molar-refractivity contribution in [1.29, 1.82) is 0 Å². The van der Waals surface area contributed by atoms with Crippen molar-refractivity contribution < 1.29 is 0 Å². The van der Waals surface area contributed by atoms with Crippen molar-refractivity contribution in [3.05, 3.63) is 24.0 Å². The molecule has 4 heteroatoms. The monoisotopic (exact) mass is 164 g/mol. The van der Waals surface area contributed by atoms with Crippen LogP contribution in [0.25, 0.3) is 6.08 Å². The fourth-order valence-corrected chi connectivity index (χ4v) is 0.757. The molecule has 0 radical (unpaired) electrons. The molecule has 0 aliphatic carbocycles. The summed E-state index contributed by atoms with van der Waals surface area (Å²) in [7, 11) is 1.78. The summed E-state index contributed by atoms with van der Waals surface area (Å²) in [4.78, 5) is 8.07. The van der Waals surface area contributed by atoms with Crippen LogP contribution in [0.1, 0.15) is 5.56 Å². The van der Waals surface area contributed by atoms with Gasteiger partial charge in [0.1, 0.15) is 0 Å². The van der Waals surface area contributed by atoms with Crippen LogP contribution in [0.2, 0.25) is 0 Å². The maximum atomic E-state index is 5.29. The van der Waals surface area contributed by atoms with Crippen LogP contribution in [0.5, 0.6) is 0 Å². The molecule has 12 heavy (non-hydrogen) atoms. The summed E-state index contributed by atoms with van der Waals surface area (Å²) in [5.41, 5.74) is 6.25. The van der Waals surface area contributed by atoms with Crippen LogP contribution < -0.4 is 11.1 Å². The van der Waals surface area contributed by atoms with Crippen molar-refractivity contribution in [2.45, 2.75) is 0 Å². The smallest absolute Gasteiger partial charge is 0.222 e. The van der Waals surface area contributed by atoms with E-state index in [9.17, 15) is 0 Å². The molecular formula is C8H12N4. The first kappa shape index (κ1) is 8.67. The quantitative estimate of drug-likeness (QED) is 0.682. The Bertz CT molecular complexity index is 252. The Balaban J connectivity index is 2.71. The molecule has 0 spiro atoms. The van der Waals surface area contributed by atoms with Gasteiger partial charge in [0.05, 0.1) is 0 Å². The highest BCUT2D eigenvalue weighted by molar-refractivity contribution is 5.47. The Kier molecular flexibility index (Phi) is 3.22. The predicted molar refractivity (Wildman–Crippen MR) is 49.7 cm³/mol. The lowest BCUT2D eigenvalue weighted by molar-refractivity contribution is 1.14. The predicted octanol–water partition coefficient (Wildman–Crippen LogP) is 0.490. The fraction of sp³-hybridized carbons (Fsp3) is 0.250. The van der Waals surface area contributed by atoms with Gasteiger partial charge in [0, 0.05) is 31.5 Å². The molecule has 64 valence electrons. The average Bonchev–Trinajstić information content (AvgIpc) is 2.15. The zero-order valence-electron chi connectivity index (χ0n) is 6.99. The van der Waals surface area contributed by atoms with E-state index in [1.165, 1.54) is 0 Å². The van der Waals surface area contributed by atoms with Crippen LogP contribution in [0.4, 0.5) is 5.95 Å². The molecule has 1 heterocycles. The van der Waals surface area contributed by atoms with Gasteiger partial charge in [0.25, 0.3) is 0 Å². The number of hydrogen-bond donors (Lipinski definition) is 2. The van der Waals surface area contributed by atoms with Crippen LogP contribution in [-0.2, 0) is 0 Å². The molecule has 0 aromatic carbocycles. The van der Waals surface area contributed by atoms with Crippen molar-refractivity contribution in [3.63, 3.8) is 0 Å². The van der Waals surface area contributed by atoms with Gasteiger partial charge in [-0.1, -0.05) is 12.2 Å². The Morgan fingerprint density at radius 3 is 2.67 bits per heavy atom. The molecular weight excluding hydrogens is 152 g/mol. The van der Waals surface area contributed by atoms with E-state index in [1.54, 1.807) is 19.4 Å². The van der Waals surface area contributed by atoms with Gasteiger partial charge in [-0.3, -0.25) is 0 Å². The van der Waals surface area contributed by atoms with E-state index in [2.05, 4.69) is 15.3 Å². The second-order valence-electron chi connectivity index (χ2n) is 2.23. The molecule has 0 saturated carbocycles. The largest absolute Gasteiger partial charge is 0.357 e. The van der Waals surface area contributed by atoms with E-state index in [0.29, 0.717) is 12.5 Å². The summed E-state index contributed by atoms with van der Waals surface area (Å²) in [6, 6.07) is 0. The van der Waals surface area contributed by atoms with Crippen LogP contribution >= 0.6 is 0 Å². The number of nitrogens with two attached hydrogens (primary N) is 1. The van der Waals surface area contributed by atoms with Gasteiger partial charge in [-0.2, -0.15) is 0 Å². The summed E-state index contributed by atoms with van der Waals surface area (Å²) in [6.07, 6.45) is 7.23. The minimum absolute atomic E-state index is 0.535. The van der Waals surface area contributed by atoms with Crippen molar-refractivity contribution in [2.24, 2.45) is 5.73 Å². The van der Waals surface area contributed by atoms with E-state index in [4.69, 9.17) is 5.73 Å². The summed E-state index contributed by atoms with van der Waals surface area (Å²) in [5, 5.41) is 2.84. The van der Waals surface area contributed by atoms with Crippen LogP contribution in [0, 0.1) is 0 Å². The van der Waals surface area contributed by atoms with Gasteiger partial charge in [-0.15, -0.1) is 0 Å². The lowest BCUT2D eigenvalue weighted by atomic mass is 10.3. The van der Waals surface area contributed by atoms with Gasteiger partial charge in [0.2, 0.25) is 5.95 Å². The summed E-state index contributed by atoms with van der Waals surface area (Å²) in [6.45, 7) is 0.535. The summed E-state index contributed by atoms with van der Waals surface area (Å²) in [5.74, 6) is 0.625. The molecule has 0 amide bonds. The Hall–Kier alpha value is -1.42. The second-order valence-corrected chi connectivity index (χ2v) is 2.23. The minimum atomic E-state index is 0.535. The molecule has 0 fully saturated rings. The standard InChI is InChI=1S/C8H12N4/c1-10-8-11-5-7(6-12-8)3-2-4-9/h2-3,5-6H,4,9H2,1H3,(H,10,11,12). The summed E-state index contributed by atoms with van der Waals surface area (Å²) >= 11 is 0. The molecule has 3 N–H and O–H groups in total. The first-order valence-corrected chi connectivity index (χ1v) is 3.73. The lowest BCUT2D eigenvalue weighted by Crippen LogP contribution is -1.95. The number of anilines is 1. The maximum absolute atomic E-state index is 5.29. The van der Waals surface area contributed by atoms with Crippen molar-refractivity contribution in [3.8, 4) is 0 Å². The fourth-order valence-electron chi connectivity index (χ4n) is 0.757. The Morgan fingerprint density at radius 1 is 1.50 bits per heavy atom. The zero-order valence-corrected chi connectivity index (χ0v) is 6.99. The highest BCUT2D eigenvalue weighted by atomic mass is 15.1. The number of rotatable bonds is 3. The highest BCUT2D eigenvalue weighted by Crippen LogP contribution is 2.00. The third kappa shape index (κ3) is 2.32. The molecule has 1 rings (SSSR count). The third-order valence-corrected chi connectivity index (χ3v) is 1.34. The average molecular weight is 164 g/mol. The molecule has 0 aliphatic rings. The molecule has 0 aliphatic heterocycles. The van der Waals surface area contributed by atoms with E-state index in [-0.39, 0.29) is 0 Å². The van der Waals surface area contributed by atoms with Crippen LogP contribution in [0.15, 0.2) is 18.5 Å². The molecule has 1 aromatic rings. The third-order valence-electron chi connectivity index (χ3n) is 1.34. The van der Waals surface area contributed by atoms with Gasteiger partial charge < -0.3 is 11.1 Å². The van der Waals surface area contributed by atoms with E-state index in [1.807, 2.05) is 12.2 Å². The molecule has 0 atom stereocenters. The summed E-state index contributed by atoms with van der Waals surface area (Å²) < 4.78 is 0. The normalized spacial score (nSPS) is 10.5. The first-order chi connectivity index (χ1) is 5.86. The minimum Gasteiger partial charge on any atom is -0.357 e. The van der Waals surface area contributed by atoms with Gasteiger partial charge in [0.15, 0.2) is 0 Å². The zero-order chi connectivity index (χ0) is 8.81. The Morgan fingerprint density at radius 2 is 2.17 bits per heavy atom. The Labute approximate surface area is 71.5 Å². The number of nitrogens with one attached hydrogen (secondary N) is 1. The van der Waals surface area contributed by atoms with E-state index >= 15 is 0 Å². The van der Waals surface area contributed by atoms with Gasteiger partial charge in [-0.25, -0.2) is 9.97 Å². The van der Waals surface area contributed by atoms with E-state index in [0.717, 1.165) is 5.56 Å². The first-order valence-electron chi connectivity index (χ1n) is 3.73. The lowest BCUT2D eigenvalue weighted by Gasteiger charge is -1.96. The van der Waals surface area contributed by atoms with E-state index < -0.39 is 0 Å². The number of hydrogen-bond acceptors (Lipinski definition) is 4. The highest BCUT2D eigenvalue weighted by Gasteiger charge is 1.89. The number of nitrogens with zero attached hydrogens (tertiary/aromatic N) is 2. The van der Waals surface area contributed by atoms with Crippen molar-refractivity contribution >= 4 is 12.0 Å². The van der Waals surface area contributed by atoms with Gasteiger partial charge in [-0.05, 0) is 0 Å². The molecule has 1 aromatic heterocycles. The second kappa shape index (κ2) is 4.46. The van der Waals surface area contributed by atoms with Crippen LogP contribution in [0.3, 0.4) is 0 Å². The van der Waals surface area contributed by atoms with Gasteiger partial charge >= 0.3 is 0 Å². The SMILES string of the molecule is CNc1ncc(C=CCN)cn1. The molecule has 0 unspecified atom stereocenters. The van der Waals surface area contributed by atoms with Crippen molar-refractivity contribution in [2.75, 3.05) is 18.9 Å².